The lowest BCUT2D eigenvalue weighted by atomic mass is 9.91. The number of ether oxygens (including phenoxy) is 1. The van der Waals surface area contributed by atoms with Crippen molar-refractivity contribution >= 4 is 47.0 Å². The zero-order valence-electron chi connectivity index (χ0n) is 27.0. The van der Waals surface area contributed by atoms with Gasteiger partial charge >= 0.3 is 6.09 Å². The number of methoxy groups -OCH3 is 1. The number of hydrogen-bond donors (Lipinski definition) is 4. The number of fused-ring (bicyclic) bond motifs is 4. The molecule has 0 radical (unpaired) electrons. The topological polar surface area (TPSA) is 169 Å². The van der Waals surface area contributed by atoms with E-state index >= 15 is 0 Å². The van der Waals surface area contributed by atoms with Crippen molar-refractivity contribution in [2.45, 2.75) is 70.8 Å². The lowest BCUT2D eigenvalue weighted by Gasteiger charge is -2.20. The molecule has 0 saturated carbocycles. The number of carbonyl (C=O) groups excluding carboxylic acids is 3. The number of halogens is 1. The molecule has 4 N–H and O–H groups in total. The maximum Gasteiger partial charge on any atom is 0.411 e. The minimum Gasteiger partial charge on any atom is -0.453 e. The molecule has 0 aliphatic carbocycles. The number of aromatic nitrogens is 6. The molecule has 2 aromatic heterocycles. The molecular weight excluding hydrogens is 634 g/mol. The maximum absolute atomic E-state index is 13.4. The van der Waals surface area contributed by atoms with Crippen molar-refractivity contribution in [2.24, 2.45) is 5.92 Å². The van der Waals surface area contributed by atoms with E-state index in [1.807, 2.05) is 0 Å². The second-order valence-corrected chi connectivity index (χ2v) is 12.2. The first-order valence-corrected chi connectivity index (χ1v) is 16.6. The number of unbranched alkanes of at least 4 members (excludes halogenated alkanes) is 3. The smallest absolute Gasteiger partial charge is 0.411 e. The molecule has 1 unspecified atom stereocenters. The van der Waals surface area contributed by atoms with Crippen LogP contribution in [0.15, 0.2) is 55.0 Å². The van der Waals surface area contributed by atoms with Crippen LogP contribution in [0.4, 0.5) is 16.2 Å². The first-order chi connectivity index (χ1) is 23.3. The molecule has 14 heteroatoms. The van der Waals surface area contributed by atoms with Gasteiger partial charge in [-0.1, -0.05) is 50.6 Å². The van der Waals surface area contributed by atoms with Crippen molar-refractivity contribution in [2.75, 3.05) is 17.7 Å². The van der Waals surface area contributed by atoms with E-state index in [4.69, 9.17) is 21.3 Å². The standard InChI is InChI=1S/C34H40ClN9O4/c1-3-4-5-6-8-22-9-7-10-27(39-31(45)16-11-23-18-24(35)12-15-30(23)44-21-37-42-43-44)33-36-20-29(41-33)26-14-13-25(38-34(47)48-2)19-28(26)40-32(46)17-22/h11-16,18-22,27H,3-10,17H2,1-2H3,(H,36,41)(H,38,47)(H,39,45)(H,40,46)/b16-11+/t22?,27-/m0/s1. The molecule has 0 saturated heterocycles. The Hall–Kier alpha value is -5.04. The summed E-state index contributed by atoms with van der Waals surface area (Å²) in [6, 6.07) is 10.0. The molecule has 4 aromatic rings. The van der Waals surface area contributed by atoms with E-state index in [0.717, 1.165) is 44.9 Å². The Balaban J connectivity index is 1.41. The number of imidazole rings is 1. The minimum absolute atomic E-state index is 0.0981. The maximum atomic E-state index is 13.4. The summed E-state index contributed by atoms with van der Waals surface area (Å²) in [5.41, 5.74) is 3.57. The fourth-order valence-electron chi connectivity index (χ4n) is 5.85. The molecule has 48 heavy (non-hydrogen) atoms. The van der Waals surface area contributed by atoms with Gasteiger partial charge in [-0.2, -0.15) is 4.68 Å². The number of hydrogen-bond acceptors (Lipinski definition) is 8. The average molecular weight is 674 g/mol. The molecule has 13 nitrogen and oxygen atoms in total. The zero-order valence-corrected chi connectivity index (χ0v) is 27.8. The summed E-state index contributed by atoms with van der Waals surface area (Å²) in [5, 5.41) is 20.7. The van der Waals surface area contributed by atoms with Crippen molar-refractivity contribution in [3.05, 3.63) is 71.4 Å². The van der Waals surface area contributed by atoms with Gasteiger partial charge in [0.1, 0.15) is 12.2 Å². The van der Waals surface area contributed by atoms with Gasteiger partial charge in [-0.15, -0.1) is 5.10 Å². The zero-order chi connectivity index (χ0) is 33.9. The Kier molecular flexibility index (Phi) is 11.9. The Morgan fingerprint density at radius 2 is 2.02 bits per heavy atom. The van der Waals surface area contributed by atoms with Gasteiger partial charge in [-0.3, -0.25) is 14.9 Å². The summed E-state index contributed by atoms with van der Waals surface area (Å²) in [7, 11) is 1.29. The molecule has 1 aliphatic rings. The number of carbonyl (C=O) groups is 3. The molecule has 0 spiro atoms. The molecule has 2 atom stereocenters. The Morgan fingerprint density at radius 3 is 2.81 bits per heavy atom. The van der Waals surface area contributed by atoms with Crippen molar-refractivity contribution < 1.29 is 19.1 Å². The summed E-state index contributed by atoms with van der Waals surface area (Å²) < 4.78 is 6.24. The lowest BCUT2D eigenvalue weighted by Crippen LogP contribution is -2.28. The van der Waals surface area contributed by atoms with Crippen molar-refractivity contribution in [3.8, 4) is 16.9 Å². The second kappa shape index (κ2) is 16.7. The van der Waals surface area contributed by atoms with Gasteiger partial charge in [0.25, 0.3) is 0 Å². The average Bonchev–Trinajstić information content (AvgIpc) is 3.78. The van der Waals surface area contributed by atoms with Crippen LogP contribution in [-0.2, 0) is 14.3 Å². The van der Waals surface area contributed by atoms with Crippen molar-refractivity contribution in [3.63, 3.8) is 0 Å². The highest BCUT2D eigenvalue weighted by Gasteiger charge is 2.23. The third kappa shape index (κ3) is 9.28. The van der Waals surface area contributed by atoms with Crippen molar-refractivity contribution in [1.29, 1.82) is 0 Å². The van der Waals surface area contributed by atoms with Crippen LogP contribution >= 0.6 is 11.6 Å². The van der Waals surface area contributed by atoms with E-state index in [-0.39, 0.29) is 17.7 Å². The molecule has 3 heterocycles. The van der Waals surface area contributed by atoms with Crippen LogP contribution in [0.25, 0.3) is 23.0 Å². The van der Waals surface area contributed by atoms with Crippen LogP contribution in [0.5, 0.6) is 0 Å². The normalized spacial score (nSPS) is 16.6. The quantitative estimate of drug-likeness (QED) is 0.105. The second-order valence-electron chi connectivity index (χ2n) is 11.8. The third-order valence-electron chi connectivity index (χ3n) is 8.29. The fourth-order valence-corrected chi connectivity index (χ4v) is 6.04. The number of nitrogens with one attached hydrogen (secondary N) is 4. The molecule has 2 aromatic carbocycles. The van der Waals surface area contributed by atoms with E-state index in [9.17, 15) is 14.4 Å². The SMILES string of the molecule is CCCCCCC1CCC[C@H](NC(=O)/C=C/c2cc(Cl)ccc2-n2cnnn2)c2nc(c[nH]2)-c2ccc(NC(=O)OC)cc2NC(=O)C1. The van der Waals surface area contributed by atoms with Crippen LogP contribution in [0.2, 0.25) is 5.02 Å². The Morgan fingerprint density at radius 1 is 1.15 bits per heavy atom. The van der Waals surface area contributed by atoms with Gasteiger partial charge in [0.15, 0.2) is 0 Å². The molecule has 252 valence electrons. The van der Waals surface area contributed by atoms with Crippen LogP contribution in [-0.4, -0.2) is 55.2 Å². The summed E-state index contributed by atoms with van der Waals surface area (Å²) in [6.07, 6.45) is 13.8. The van der Waals surface area contributed by atoms with Crippen LogP contribution in [0.1, 0.15) is 82.1 Å². The first kappa shape index (κ1) is 34.3. The number of nitrogens with zero attached hydrogens (tertiary/aromatic N) is 5. The van der Waals surface area contributed by atoms with Gasteiger partial charge in [-0.25, -0.2) is 9.78 Å². The third-order valence-corrected chi connectivity index (χ3v) is 8.53. The van der Waals surface area contributed by atoms with Crippen LogP contribution in [0, 0.1) is 5.92 Å². The number of tetrazole rings is 1. The number of aromatic amines is 1. The lowest BCUT2D eigenvalue weighted by molar-refractivity contribution is -0.117. The predicted octanol–water partition coefficient (Wildman–Crippen LogP) is 6.85. The Labute approximate surface area is 283 Å². The van der Waals surface area contributed by atoms with Gasteiger partial charge in [-0.05, 0) is 78.1 Å². The van der Waals surface area contributed by atoms with Crippen LogP contribution < -0.4 is 16.0 Å². The highest BCUT2D eigenvalue weighted by Crippen LogP contribution is 2.33. The fraction of sp³-hybridized carbons (Fsp3) is 0.382. The van der Waals surface area contributed by atoms with Gasteiger partial charge < -0.3 is 20.4 Å². The molecule has 3 amide bonds. The largest absolute Gasteiger partial charge is 0.453 e. The number of H-pyrrole nitrogens is 1. The predicted molar refractivity (Wildman–Crippen MR) is 183 cm³/mol. The molecular formula is C34H40ClN9O4. The van der Waals surface area contributed by atoms with Gasteiger partial charge in [0, 0.05) is 40.5 Å². The molecule has 5 rings (SSSR count). The summed E-state index contributed by atoms with van der Waals surface area (Å²) in [5.74, 6) is 0.366. The van der Waals surface area contributed by atoms with E-state index in [2.05, 4.69) is 43.4 Å². The molecule has 1 aliphatic heterocycles. The van der Waals surface area contributed by atoms with Crippen LogP contribution in [0.3, 0.4) is 0 Å². The van der Waals surface area contributed by atoms with E-state index in [1.54, 1.807) is 48.7 Å². The summed E-state index contributed by atoms with van der Waals surface area (Å²) in [6.45, 7) is 2.18. The van der Waals surface area contributed by atoms with Gasteiger partial charge in [0.05, 0.1) is 30.2 Å². The molecule has 0 fully saturated rings. The highest BCUT2D eigenvalue weighted by atomic mass is 35.5. The van der Waals surface area contributed by atoms with E-state index in [0.29, 0.717) is 57.6 Å². The van der Waals surface area contributed by atoms with Gasteiger partial charge in [0.2, 0.25) is 11.8 Å². The number of amides is 3. The summed E-state index contributed by atoms with van der Waals surface area (Å²) >= 11 is 6.26. The molecule has 2 bridgehead atoms. The minimum atomic E-state index is -0.616. The first-order valence-electron chi connectivity index (χ1n) is 16.2. The Bertz CT molecular complexity index is 1740. The number of rotatable bonds is 10. The van der Waals surface area contributed by atoms with E-state index < -0.39 is 12.1 Å². The van der Waals surface area contributed by atoms with E-state index in [1.165, 1.54) is 24.2 Å². The number of benzene rings is 2. The number of anilines is 2. The highest BCUT2D eigenvalue weighted by molar-refractivity contribution is 6.30. The van der Waals surface area contributed by atoms with Crippen molar-refractivity contribution in [1.82, 2.24) is 35.5 Å². The monoisotopic (exact) mass is 673 g/mol. The summed E-state index contributed by atoms with van der Waals surface area (Å²) in [4.78, 5) is 46.7.